The molecule has 0 aliphatic carbocycles. The minimum absolute atomic E-state index is 0.0207. The normalized spacial score (nSPS) is 13.1. The Morgan fingerprint density at radius 3 is 2.35 bits per heavy atom. The van der Waals surface area contributed by atoms with E-state index in [2.05, 4.69) is 20.6 Å². The van der Waals surface area contributed by atoms with Crippen LogP contribution in [-0.4, -0.2) is 32.0 Å². The quantitative estimate of drug-likeness (QED) is 0.399. The van der Waals surface area contributed by atoms with Crippen molar-refractivity contribution in [2.45, 2.75) is 53.0 Å². The van der Waals surface area contributed by atoms with E-state index in [1.807, 2.05) is 13.8 Å². The van der Waals surface area contributed by atoms with Crippen LogP contribution in [0.15, 0.2) is 40.5 Å². The lowest BCUT2D eigenvalue weighted by atomic mass is 10.1. The minimum atomic E-state index is -4.71. The molecule has 0 aliphatic heterocycles. The molecule has 188 valence electrons. The molecule has 0 unspecified atom stereocenters. The molecule has 0 bridgehead atoms. The Kier molecular flexibility index (Phi) is 10.3. The molecule has 2 aromatic rings. The van der Waals surface area contributed by atoms with Gasteiger partial charge in [0.15, 0.2) is 5.69 Å². The second-order valence-electron chi connectivity index (χ2n) is 6.40. The maximum atomic E-state index is 13.2. The summed E-state index contributed by atoms with van der Waals surface area (Å²) in [7, 11) is 1.17. The van der Waals surface area contributed by atoms with Gasteiger partial charge in [0.25, 0.3) is 5.91 Å². The molecule has 1 amide bonds. The van der Waals surface area contributed by atoms with Crippen LogP contribution in [0.2, 0.25) is 0 Å². The van der Waals surface area contributed by atoms with E-state index in [0.717, 1.165) is 16.8 Å². The molecule has 34 heavy (non-hydrogen) atoms. The van der Waals surface area contributed by atoms with Gasteiger partial charge in [-0.05, 0) is 19.4 Å². The molecular formula is C21H25F6N5O2. The number of allylic oxidation sites excluding steroid dienone is 6. The summed E-state index contributed by atoms with van der Waals surface area (Å²) in [6.07, 6.45) is -4.42. The Balaban J connectivity index is 0.00000281. The summed E-state index contributed by atoms with van der Waals surface area (Å²) in [4.78, 5) is 16.1. The molecule has 0 radical (unpaired) electrons. The van der Waals surface area contributed by atoms with Gasteiger partial charge in [-0.2, -0.15) is 36.4 Å². The highest BCUT2D eigenvalue weighted by Crippen LogP contribution is 2.30. The van der Waals surface area contributed by atoms with Crippen LogP contribution in [0.25, 0.3) is 5.57 Å². The first-order valence-electron chi connectivity index (χ1n) is 10.2. The van der Waals surface area contributed by atoms with Gasteiger partial charge in [-0.3, -0.25) is 9.48 Å². The smallest absolute Gasteiger partial charge is 0.342 e. The van der Waals surface area contributed by atoms with Crippen LogP contribution in [0.5, 0.6) is 0 Å². The number of halogens is 6. The third-order valence-corrected chi connectivity index (χ3v) is 3.94. The van der Waals surface area contributed by atoms with Gasteiger partial charge in [0.05, 0.1) is 12.1 Å². The lowest BCUT2D eigenvalue weighted by Gasteiger charge is -2.08. The maximum absolute atomic E-state index is 13.2. The summed E-state index contributed by atoms with van der Waals surface area (Å²) < 4.78 is 83.4. The van der Waals surface area contributed by atoms with Gasteiger partial charge in [0, 0.05) is 18.7 Å². The number of alkyl halides is 6. The third-order valence-electron chi connectivity index (χ3n) is 3.94. The van der Waals surface area contributed by atoms with Gasteiger partial charge in [0.1, 0.15) is 5.69 Å². The molecule has 1 N–H and O–H groups in total. The summed E-state index contributed by atoms with van der Waals surface area (Å²) in [5.74, 6) is -1.20. The summed E-state index contributed by atoms with van der Waals surface area (Å²) in [5, 5.41) is 9.15. The van der Waals surface area contributed by atoms with Crippen molar-refractivity contribution in [3.8, 4) is 0 Å². The first-order chi connectivity index (χ1) is 15.9. The SMILES string of the molecule is CC.C\C=C/C(=C\C(=C\CC)C(F)(F)F)c1noc(CNC(=O)c2cc(C(F)(F)F)nn2C)n1. The number of aromatic nitrogens is 4. The van der Waals surface area contributed by atoms with Gasteiger partial charge in [-0.15, -0.1) is 0 Å². The van der Waals surface area contributed by atoms with Gasteiger partial charge < -0.3 is 9.84 Å². The maximum Gasteiger partial charge on any atom is 0.435 e. The summed E-state index contributed by atoms with van der Waals surface area (Å²) >= 11 is 0. The van der Waals surface area contributed by atoms with Crippen LogP contribution in [0, 0.1) is 0 Å². The average molecular weight is 493 g/mol. The second kappa shape index (κ2) is 12.2. The molecule has 0 fully saturated rings. The zero-order valence-electron chi connectivity index (χ0n) is 19.2. The zero-order valence-corrected chi connectivity index (χ0v) is 19.2. The lowest BCUT2D eigenvalue weighted by molar-refractivity contribution is -0.141. The Labute approximate surface area is 192 Å². The molecule has 0 saturated carbocycles. The van der Waals surface area contributed by atoms with Crippen molar-refractivity contribution in [2.24, 2.45) is 7.05 Å². The number of carbonyl (C=O) groups excluding carboxylic acids is 1. The van der Waals surface area contributed by atoms with Gasteiger partial charge in [-0.25, -0.2) is 0 Å². The average Bonchev–Trinajstić information content (AvgIpc) is 3.38. The second-order valence-corrected chi connectivity index (χ2v) is 6.40. The highest BCUT2D eigenvalue weighted by Gasteiger charge is 2.35. The number of nitrogens with zero attached hydrogens (tertiary/aromatic N) is 4. The lowest BCUT2D eigenvalue weighted by Crippen LogP contribution is -2.25. The first-order valence-corrected chi connectivity index (χ1v) is 10.2. The summed E-state index contributed by atoms with van der Waals surface area (Å²) in [6, 6.07) is 0.584. The monoisotopic (exact) mass is 493 g/mol. The van der Waals surface area contributed by atoms with Crippen molar-refractivity contribution < 1.29 is 35.7 Å². The number of carbonyl (C=O) groups is 1. The number of nitrogens with one attached hydrogen (secondary N) is 1. The molecule has 2 heterocycles. The number of hydrogen-bond acceptors (Lipinski definition) is 5. The molecule has 0 atom stereocenters. The van der Waals surface area contributed by atoms with Crippen molar-refractivity contribution >= 4 is 11.5 Å². The fourth-order valence-electron chi connectivity index (χ4n) is 2.52. The molecule has 2 rings (SSSR count). The predicted octanol–water partition coefficient (Wildman–Crippen LogP) is 5.64. The van der Waals surface area contributed by atoms with E-state index in [4.69, 9.17) is 4.52 Å². The van der Waals surface area contributed by atoms with Gasteiger partial charge >= 0.3 is 12.4 Å². The topological polar surface area (TPSA) is 85.8 Å². The van der Waals surface area contributed by atoms with Gasteiger partial charge in [0.2, 0.25) is 11.7 Å². The predicted molar refractivity (Wildman–Crippen MR) is 112 cm³/mol. The standard InChI is InChI=1S/C19H19F6N5O2.C2H6/c1-4-6-11(8-12(7-5-2)18(20,21)22)16-27-15(32-29-16)10-26-17(31)13-9-14(19(23,24)25)28-30(13)3;1-2/h4,6-9H,5,10H2,1-3H3,(H,26,31);1-2H3/b6-4-,11-8+,12-7-;. The van der Waals surface area contributed by atoms with E-state index in [1.165, 1.54) is 19.2 Å². The van der Waals surface area contributed by atoms with E-state index < -0.39 is 29.5 Å². The highest BCUT2D eigenvalue weighted by molar-refractivity contribution is 5.92. The molecular weight excluding hydrogens is 468 g/mol. The third kappa shape index (κ3) is 7.89. The Morgan fingerprint density at radius 1 is 1.21 bits per heavy atom. The van der Waals surface area contributed by atoms with Crippen molar-refractivity contribution in [3.05, 3.63) is 59.0 Å². The molecule has 0 aliphatic rings. The van der Waals surface area contributed by atoms with Crippen molar-refractivity contribution in [2.75, 3.05) is 0 Å². The van der Waals surface area contributed by atoms with E-state index in [0.29, 0.717) is 6.07 Å². The Bertz CT molecular complexity index is 1040. The van der Waals surface area contributed by atoms with E-state index in [1.54, 1.807) is 13.8 Å². The van der Waals surface area contributed by atoms with Crippen molar-refractivity contribution in [1.82, 2.24) is 25.2 Å². The zero-order chi connectivity index (χ0) is 26.1. The Morgan fingerprint density at radius 2 is 1.85 bits per heavy atom. The summed E-state index contributed by atoms with van der Waals surface area (Å²) in [5.41, 5.74) is -2.45. The number of hydrogen-bond donors (Lipinski definition) is 1. The molecule has 2 aromatic heterocycles. The van der Waals surface area contributed by atoms with E-state index in [-0.39, 0.29) is 35.9 Å². The van der Waals surface area contributed by atoms with Crippen LogP contribution in [0.1, 0.15) is 62.0 Å². The first kappa shape index (κ1) is 28.7. The molecule has 0 spiro atoms. The molecule has 13 heteroatoms. The van der Waals surface area contributed by atoms with E-state index in [9.17, 15) is 31.1 Å². The molecule has 0 saturated heterocycles. The highest BCUT2D eigenvalue weighted by atomic mass is 19.4. The number of amides is 1. The number of rotatable bonds is 7. The van der Waals surface area contributed by atoms with E-state index >= 15 is 0 Å². The Hall–Kier alpha value is -3.38. The fraction of sp³-hybridized carbons (Fsp3) is 0.429. The summed E-state index contributed by atoms with van der Waals surface area (Å²) in [6.45, 7) is 6.79. The van der Waals surface area contributed by atoms with Crippen molar-refractivity contribution in [3.63, 3.8) is 0 Å². The fourth-order valence-corrected chi connectivity index (χ4v) is 2.52. The van der Waals surface area contributed by atoms with Crippen LogP contribution in [0.3, 0.4) is 0 Å². The minimum Gasteiger partial charge on any atom is -0.342 e. The molecule has 7 nitrogen and oxygen atoms in total. The molecule has 0 aromatic carbocycles. The van der Waals surface area contributed by atoms with Crippen molar-refractivity contribution in [1.29, 1.82) is 0 Å². The van der Waals surface area contributed by atoms with Crippen LogP contribution >= 0.6 is 0 Å². The van der Waals surface area contributed by atoms with Crippen LogP contribution < -0.4 is 5.32 Å². The van der Waals surface area contributed by atoms with Gasteiger partial charge in [-0.1, -0.05) is 44.2 Å². The van der Waals surface area contributed by atoms with Crippen LogP contribution in [-0.2, 0) is 19.8 Å². The number of aryl methyl sites for hydroxylation is 1. The van der Waals surface area contributed by atoms with Crippen LogP contribution in [0.4, 0.5) is 26.3 Å². The largest absolute Gasteiger partial charge is 0.435 e.